The van der Waals surface area contributed by atoms with Gasteiger partial charge in [-0.15, -0.1) is 0 Å². The Bertz CT molecular complexity index is 291. The van der Waals surface area contributed by atoms with Crippen molar-refractivity contribution in [3.8, 4) is 0 Å². The highest BCUT2D eigenvalue weighted by Gasteiger charge is 2.53. The molecular formula is C12H18O2. The lowest BCUT2D eigenvalue weighted by Gasteiger charge is -2.39. The third-order valence-electron chi connectivity index (χ3n) is 3.69. The molecule has 0 aromatic rings. The third-order valence-corrected chi connectivity index (χ3v) is 3.69. The molecule has 2 nitrogen and oxygen atoms in total. The minimum atomic E-state index is -0.309. The van der Waals surface area contributed by atoms with E-state index in [1.807, 2.05) is 0 Å². The van der Waals surface area contributed by atoms with Crippen LogP contribution in [0.3, 0.4) is 0 Å². The lowest BCUT2D eigenvalue weighted by atomic mass is 9.69. The van der Waals surface area contributed by atoms with Crippen LogP contribution in [0, 0.1) is 11.3 Å². The van der Waals surface area contributed by atoms with Crippen molar-refractivity contribution >= 4 is 5.97 Å². The number of rotatable bonds is 0. The lowest BCUT2D eigenvalue weighted by Crippen LogP contribution is -2.41. The Kier molecular flexibility index (Phi) is 1.98. The summed E-state index contributed by atoms with van der Waals surface area (Å²) >= 11 is 0. The first-order valence-electron chi connectivity index (χ1n) is 5.36. The molecule has 0 N–H and O–H groups in total. The molecule has 1 aliphatic carbocycles. The van der Waals surface area contributed by atoms with E-state index in [0.29, 0.717) is 12.3 Å². The molecule has 78 valence electrons. The van der Waals surface area contributed by atoms with Gasteiger partial charge in [0.2, 0.25) is 0 Å². The molecule has 0 amide bonds. The van der Waals surface area contributed by atoms with Crippen LogP contribution in [0.4, 0.5) is 0 Å². The van der Waals surface area contributed by atoms with Crippen LogP contribution >= 0.6 is 0 Å². The highest BCUT2D eigenvalue weighted by Crippen LogP contribution is 2.49. The number of hydrogen-bond donors (Lipinski definition) is 0. The van der Waals surface area contributed by atoms with Gasteiger partial charge in [0.15, 0.2) is 0 Å². The van der Waals surface area contributed by atoms with Crippen LogP contribution < -0.4 is 0 Å². The van der Waals surface area contributed by atoms with Crippen molar-refractivity contribution in [3.63, 3.8) is 0 Å². The van der Waals surface area contributed by atoms with Crippen molar-refractivity contribution in [3.05, 3.63) is 12.2 Å². The predicted molar refractivity (Wildman–Crippen MR) is 54.8 cm³/mol. The minimum absolute atomic E-state index is 0.0409. The first-order chi connectivity index (χ1) is 6.45. The van der Waals surface area contributed by atoms with Crippen LogP contribution in [0.25, 0.3) is 0 Å². The van der Waals surface area contributed by atoms with Crippen LogP contribution in [0.5, 0.6) is 0 Å². The van der Waals surface area contributed by atoms with Crippen molar-refractivity contribution in [2.24, 2.45) is 11.3 Å². The Morgan fingerprint density at radius 1 is 1.50 bits per heavy atom. The number of ether oxygens (including phenoxy) is 1. The Hall–Kier alpha value is -0.790. The number of carbonyl (C=O) groups excluding carboxylic acids is 1. The van der Waals surface area contributed by atoms with Crippen molar-refractivity contribution < 1.29 is 9.53 Å². The van der Waals surface area contributed by atoms with Gasteiger partial charge in [0.05, 0.1) is 6.42 Å². The summed E-state index contributed by atoms with van der Waals surface area (Å²) in [6, 6.07) is 0. The highest BCUT2D eigenvalue weighted by molar-refractivity contribution is 5.74. The van der Waals surface area contributed by atoms with Crippen LogP contribution in [0.2, 0.25) is 0 Å². The van der Waals surface area contributed by atoms with E-state index in [1.54, 1.807) is 0 Å². The maximum atomic E-state index is 11.4. The molecule has 0 saturated carbocycles. The molecule has 1 heterocycles. The molecule has 0 bridgehead atoms. The van der Waals surface area contributed by atoms with Crippen LogP contribution in [-0.2, 0) is 9.53 Å². The fourth-order valence-electron chi connectivity index (χ4n) is 2.48. The summed E-state index contributed by atoms with van der Waals surface area (Å²) in [7, 11) is 0. The van der Waals surface area contributed by atoms with Gasteiger partial charge in [-0.3, -0.25) is 4.79 Å². The van der Waals surface area contributed by atoms with Gasteiger partial charge in [0.25, 0.3) is 0 Å². The van der Waals surface area contributed by atoms with E-state index in [9.17, 15) is 4.79 Å². The lowest BCUT2D eigenvalue weighted by molar-refractivity contribution is -0.147. The van der Waals surface area contributed by atoms with Gasteiger partial charge in [-0.1, -0.05) is 26.8 Å². The second-order valence-corrected chi connectivity index (χ2v) is 5.30. The number of hydrogen-bond acceptors (Lipinski definition) is 2. The second kappa shape index (κ2) is 2.85. The van der Waals surface area contributed by atoms with E-state index in [2.05, 4.69) is 32.9 Å². The molecule has 2 atom stereocenters. The average Bonchev–Trinajstić information content (AvgIpc) is 2.28. The largest absolute Gasteiger partial charge is 0.454 e. The summed E-state index contributed by atoms with van der Waals surface area (Å²) in [4.78, 5) is 11.4. The molecule has 1 spiro atoms. The summed E-state index contributed by atoms with van der Waals surface area (Å²) in [5.74, 6) is 0.574. The van der Waals surface area contributed by atoms with E-state index < -0.39 is 0 Å². The third kappa shape index (κ3) is 1.28. The predicted octanol–water partition coefficient (Wildman–Crippen LogP) is 2.68. The fourth-order valence-corrected chi connectivity index (χ4v) is 2.48. The van der Waals surface area contributed by atoms with E-state index in [-0.39, 0.29) is 17.0 Å². The standard InChI is InChI=1S/C12H18O2/c1-9-4-6-12(7-5-9)11(2,3)8-10(13)14-12/h4,6,9H,5,7-8H2,1-3H3. The van der Waals surface area contributed by atoms with Crippen molar-refractivity contribution in [1.82, 2.24) is 0 Å². The summed E-state index contributed by atoms with van der Waals surface area (Å²) in [6.07, 6.45) is 6.94. The maximum absolute atomic E-state index is 11.4. The van der Waals surface area contributed by atoms with Crippen molar-refractivity contribution in [2.45, 2.75) is 45.6 Å². The van der Waals surface area contributed by atoms with Gasteiger partial charge in [-0.2, -0.15) is 0 Å². The van der Waals surface area contributed by atoms with Gasteiger partial charge < -0.3 is 4.74 Å². The van der Waals surface area contributed by atoms with Crippen LogP contribution in [0.15, 0.2) is 12.2 Å². The van der Waals surface area contributed by atoms with E-state index in [0.717, 1.165) is 12.8 Å². The van der Waals surface area contributed by atoms with E-state index >= 15 is 0 Å². The first kappa shape index (κ1) is 9.75. The van der Waals surface area contributed by atoms with Gasteiger partial charge in [-0.05, 0) is 24.8 Å². The van der Waals surface area contributed by atoms with E-state index in [1.165, 1.54) is 0 Å². The topological polar surface area (TPSA) is 26.3 Å². The van der Waals surface area contributed by atoms with Crippen LogP contribution in [-0.4, -0.2) is 11.6 Å². The summed E-state index contributed by atoms with van der Waals surface area (Å²) in [6.45, 7) is 6.45. The molecule has 1 saturated heterocycles. The summed E-state index contributed by atoms with van der Waals surface area (Å²) < 4.78 is 5.53. The number of esters is 1. The molecule has 1 aliphatic heterocycles. The molecular weight excluding hydrogens is 176 g/mol. The quantitative estimate of drug-likeness (QED) is 0.438. The molecule has 2 unspecified atom stereocenters. The van der Waals surface area contributed by atoms with Gasteiger partial charge >= 0.3 is 5.97 Å². The highest BCUT2D eigenvalue weighted by atomic mass is 16.6. The zero-order valence-corrected chi connectivity index (χ0v) is 9.17. The van der Waals surface area contributed by atoms with Crippen molar-refractivity contribution in [1.29, 1.82) is 0 Å². The molecule has 0 radical (unpaired) electrons. The maximum Gasteiger partial charge on any atom is 0.307 e. The smallest absolute Gasteiger partial charge is 0.307 e. The molecule has 0 aromatic heterocycles. The SMILES string of the molecule is CC1C=CC2(CC1)OC(=O)CC2(C)C. The Morgan fingerprint density at radius 2 is 2.21 bits per heavy atom. The molecule has 14 heavy (non-hydrogen) atoms. The van der Waals surface area contributed by atoms with Crippen LogP contribution in [0.1, 0.15) is 40.0 Å². The van der Waals surface area contributed by atoms with Crippen molar-refractivity contribution in [2.75, 3.05) is 0 Å². The summed E-state index contributed by atoms with van der Waals surface area (Å²) in [5.41, 5.74) is -0.350. The second-order valence-electron chi connectivity index (χ2n) is 5.30. The monoisotopic (exact) mass is 194 g/mol. The van der Waals surface area contributed by atoms with Gasteiger partial charge in [0, 0.05) is 5.41 Å². The summed E-state index contributed by atoms with van der Waals surface area (Å²) in [5, 5.41) is 0. The fraction of sp³-hybridized carbons (Fsp3) is 0.750. The molecule has 0 aromatic carbocycles. The molecule has 2 rings (SSSR count). The Morgan fingerprint density at radius 3 is 2.64 bits per heavy atom. The zero-order chi connectivity index (χ0) is 10.4. The number of carbonyl (C=O) groups is 1. The minimum Gasteiger partial charge on any atom is -0.454 e. The Balaban J connectivity index is 2.32. The first-order valence-corrected chi connectivity index (χ1v) is 5.36. The number of allylic oxidation sites excluding steroid dienone is 1. The molecule has 1 fully saturated rings. The van der Waals surface area contributed by atoms with Gasteiger partial charge in [0.1, 0.15) is 5.60 Å². The molecule has 2 heteroatoms. The normalized spacial score (nSPS) is 40.2. The van der Waals surface area contributed by atoms with Gasteiger partial charge in [-0.25, -0.2) is 0 Å². The zero-order valence-electron chi connectivity index (χ0n) is 9.17. The Labute approximate surface area is 85.3 Å². The molecule has 2 aliphatic rings. The average molecular weight is 194 g/mol. The van der Waals surface area contributed by atoms with E-state index in [4.69, 9.17) is 4.74 Å².